The SMILES string of the molecule is CN=C(NCCCF)NC1CN(C(=O)OC(C)(C)C)C1. The van der Waals surface area contributed by atoms with Gasteiger partial charge in [0.2, 0.25) is 0 Å². The van der Waals surface area contributed by atoms with Gasteiger partial charge in [-0.25, -0.2) is 4.79 Å². The molecule has 0 unspecified atom stereocenters. The van der Waals surface area contributed by atoms with E-state index in [4.69, 9.17) is 4.74 Å². The van der Waals surface area contributed by atoms with Crippen molar-refractivity contribution in [3.63, 3.8) is 0 Å². The Morgan fingerprint density at radius 2 is 2.10 bits per heavy atom. The number of likely N-dealkylation sites (tertiary alicyclic amines) is 1. The number of guanidine groups is 1. The maximum Gasteiger partial charge on any atom is 0.410 e. The molecule has 1 heterocycles. The minimum atomic E-state index is -0.473. The highest BCUT2D eigenvalue weighted by Crippen LogP contribution is 2.14. The minimum Gasteiger partial charge on any atom is -0.444 e. The molecule has 0 atom stereocenters. The summed E-state index contributed by atoms with van der Waals surface area (Å²) in [6.45, 7) is 6.89. The molecule has 0 aromatic carbocycles. The van der Waals surface area contributed by atoms with Gasteiger partial charge >= 0.3 is 6.09 Å². The Hall–Kier alpha value is -1.53. The first-order valence-corrected chi connectivity index (χ1v) is 6.87. The van der Waals surface area contributed by atoms with E-state index in [-0.39, 0.29) is 18.8 Å². The first kappa shape index (κ1) is 16.5. The number of amides is 1. The first-order valence-electron chi connectivity index (χ1n) is 6.87. The molecular formula is C13H25FN4O2. The summed E-state index contributed by atoms with van der Waals surface area (Å²) in [7, 11) is 1.66. The molecule has 0 aromatic heterocycles. The molecule has 116 valence electrons. The molecule has 7 heteroatoms. The van der Waals surface area contributed by atoms with Gasteiger partial charge in [-0.3, -0.25) is 9.38 Å². The Labute approximate surface area is 119 Å². The summed E-state index contributed by atoms with van der Waals surface area (Å²) < 4.78 is 17.3. The lowest BCUT2D eigenvalue weighted by atomic mass is 10.1. The number of nitrogens with one attached hydrogen (secondary N) is 2. The number of carbonyl (C=O) groups is 1. The van der Waals surface area contributed by atoms with Crippen molar-refractivity contribution >= 4 is 12.1 Å². The molecule has 1 rings (SSSR count). The van der Waals surface area contributed by atoms with Crippen LogP contribution < -0.4 is 10.6 Å². The summed E-state index contributed by atoms with van der Waals surface area (Å²) >= 11 is 0. The monoisotopic (exact) mass is 288 g/mol. The Balaban J connectivity index is 2.25. The highest BCUT2D eigenvalue weighted by molar-refractivity contribution is 5.80. The van der Waals surface area contributed by atoms with Gasteiger partial charge in [-0.1, -0.05) is 0 Å². The van der Waals surface area contributed by atoms with Crippen LogP contribution in [0.25, 0.3) is 0 Å². The van der Waals surface area contributed by atoms with E-state index in [1.807, 2.05) is 20.8 Å². The van der Waals surface area contributed by atoms with Gasteiger partial charge in [0, 0.05) is 26.7 Å². The number of ether oxygens (including phenoxy) is 1. The van der Waals surface area contributed by atoms with Crippen LogP contribution in [0.2, 0.25) is 0 Å². The summed E-state index contributed by atoms with van der Waals surface area (Å²) in [5.74, 6) is 0.632. The van der Waals surface area contributed by atoms with Crippen molar-refractivity contribution < 1.29 is 13.9 Å². The van der Waals surface area contributed by atoms with Crippen molar-refractivity contribution in [1.29, 1.82) is 0 Å². The van der Waals surface area contributed by atoms with Crippen molar-refractivity contribution in [2.75, 3.05) is 33.4 Å². The minimum absolute atomic E-state index is 0.152. The van der Waals surface area contributed by atoms with E-state index >= 15 is 0 Å². The Morgan fingerprint density at radius 3 is 2.60 bits per heavy atom. The molecule has 0 saturated carbocycles. The average Bonchev–Trinajstić information content (AvgIpc) is 2.28. The number of alkyl halides is 1. The molecule has 0 radical (unpaired) electrons. The average molecular weight is 288 g/mol. The van der Waals surface area contributed by atoms with E-state index in [2.05, 4.69) is 15.6 Å². The van der Waals surface area contributed by atoms with Crippen LogP contribution in [0.3, 0.4) is 0 Å². The number of hydrogen-bond acceptors (Lipinski definition) is 3. The van der Waals surface area contributed by atoms with Gasteiger partial charge < -0.3 is 20.3 Å². The van der Waals surface area contributed by atoms with Gasteiger partial charge in [0.05, 0.1) is 12.7 Å². The second-order valence-electron chi connectivity index (χ2n) is 5.77. The van der Waals surface area contributed by atoms with Crippen LogP contribution in [0.4, 0.5) is 9.18 Å². The van der Waals surface area contributed by atoms with Crippen LogP contribution in [0.5, 0.6) is 0 Å². The fraction of sp³-hybridized carbons (Fsp3) is 0.846. The van der Waals surface area contributed by atoms with Gasteiger partial charge in [0.15, 0.2) is 5.96 Å². The van der Waals surface area contributed by atoms with Crippen LogP contribution in [0.15, 0.2) is 4.99 Å². The van der Waals surface area contributed by atoms with E-state index in [9.17, 15) is 9.18 Å². The third-order valence-corrected chi connectivity index (χ3v) is 2.70. The van der Waals surface area contributed by atoms with Crippen LogP contribution >= 0.6 is 0 Å². The molecule has 1 aliphatic heterocycles. The summed E-state index contributed by atoms with van der Waals surface area (Å²) in [4.78, 5) is 17.4. The molecule has 2 N–H and O–H groups in total. The van der Waals surface area contributed by atoms with Crippen LogP contribution in [-0.2, 0) is 4.74 Å². The van der Waals surface area contributed by atoms with Crippen molar-refractivity contribution in [1.82, 2.24) is 15.5 Å². The fourth-order valence-corrected chi connectivity index (χ4v) is 1.71. The number of nitrogens with zero attached hydrogens (tertiary/aromatic N) is 2. The van der Waals surface area contributed by atoms with Crippen LogP contribution in [0, 0.1) is 0 Å². The summed E-state index contributed by atoms with van der Waals surface area (Å²) in [6, 6.07) is 0.152. The Bertz CT molecular complexity index is 349. The molecule has 1 saturated heterocycles. The topological polar surface area (TPSA) is 66.0 Å². The van der Waals surface area contributed by atoms with Crippen LogP contribution in [-0.4, -0.2) is 62.0 Å². The lowest BCUT2D eigenvalue weighted by Crippen LogP contribution is -2.63. The van der Waals surface area contributed by atoms with E-state index < -0.39 is 5.60 Å². The summed E-state index contributed by atoms with van der Waals surface area (Å²) in [5, 5.41) is 6.19. The molecule has 1 fully saturated rings. The molecular weight excluding hydrogens is 263 g/mol. The number of carbonyl (C=O) groups excluding carboxylic acids is 1. The van der Waals surface area contributed by atoms with E-state index in [1.54, 1.807) is 11.9 Å². The quantitative estimate of drug-likeness (QED) is 0.462. The number of rotatable bonds is 4. The van der Waals surface area contributed by atoms with Crippen molar-refractivity contribution in [2.45, 2.75) is 38.8 Å². The second-order valence-corrected chi connectivity index (χ2v) is 5.77. The Morgan fingerprint density at radius 1 is 1.45 bits per heavy atom. The largest absolute Gasteiger partial charge is 0.444 e. The maximum atomic E-state index is 12.0. The van der Waals surface area contributed by atoms with Gasteiger partial charge in [-0.05, 0) is 27.2 Å². The molecule has 0 aromatic rings. The molecule has 1 amide bonds. The normalized spacial score (nSPS) is 16.6. The number of aliphatic imine (C=N–C) groups is 1. The molecule has 0 spiro atoms. The number of hydrogen-bond donors (Lipinski definition) is 2. The van der Waals surface area contributed by atoms with Gasteiger partial charge in [0.1, 0.15) is 5.60 Å². The summed E-state index contributed by atoms with van der Waals surface area (Å²) in [5.41, 5.74) is -0.473. The highest BCUT2D eigenvalue weighted by atomic mass is 19.1. The molecule has 6 nitrogen and oxygen atoms in total. The lowest BCUT2D eigenvalue weighted by molar-refractivity contribution is 0.00701. The second kappa shape index (κ2) is 7.31. The van der Waals surface area contributed by atoms with E-state index in [0.29, 0.717) is 32.0 Å². The van der Waals surface area contributed by atoms with Crippen molar-refractivity contribution in [3.8, 4) is 0 Å². The third-order valence-electron chi connectivity index (χ3n) is 2.70. The Kier molecular flexibility index (Phi) is 6.04. The molecule has 20 heavy (non-hydrogen) atoms. The van der Waals surface area contributed by atoms with Gasteiger partial charge in [0.25, 0.3) is 0 Å². The maximum absolute atomic E-state index is 12.0. The van der Waals surface area contributed by atoms with E-state index in [0.717, 1.165) is 0 Å². The molecule has 1 aliphatic rings. The van der Waals surface area contributed by atoms with Crippen molar-refractivity contribution in [3.05, 3.63) is 0 Å². The van der Waals surface area contributed by atoms with Crippen LogP contribution in [0.1, 0.15) is 27.2 Å². The van der Waals surface area contributed by atoms with Gasteiger partial charge in [-0.2, -0.15) is 0 Å². The number of halogens is 1. The predicted octanol–water partition coefficient (Wildman–Crippen LogP) is 1.13. The molecule has 0 bridgehead atoms. The van der Waals surface area contributed by atoms with Gasteiger partial charge in [-0.15, -0.1) is 0 Å². The zero-order chi connectivity index (χ0) is 15.2. The first-order chi connectivity index (χ1) is 9.35. The standard InChI is InChI=1S/C13H25FN4O2/c1-13(2,3)20-12(19)18-8-10(9-18)17-11(15-4)16-7-5-6-14/h10H,5-9H2,1-4H3,(H2,15,16,17). The van der Waals surface area contributed by atoms with Crippen molar-refractivity contribution in [2.24, 2.45) is 4.99 Å². The fourth-order valence-electron chi connectivity index (χ4n) is 1.71. The zero-order valence-electron chi connectivity index (χ0n) is 12.7. The zero-order valence-corrected chi connectivity index (χ0v) is 12.7. The third kappa shape index (κ3) is 5.63. The predicted molar refractivity (Wildman–Crippen MR) is 76.7 cm³/mol. The van der Waals surface area contributed by atoms with E-state index in [1.165, 1.54) is 0 Å². The molecule has 0 aliphatic carbocycles. The lowest BCUT2D eigenvalue weighted by Gasteiger charge is -2.40. The highest BCUT2D eigenvalue weighted by Gasteiger charge is 2.34. The summed E-state index contributed by atoms with van der Waals surface area (Å²) in [6.07, 6.45) is 0.158. The smallest absolute Gasteiger partial charge is 0.410 e.